The van der Waals surface area contributed by atoms with Crippen molar-refractivity contribution in [1.82, 2.24) is 35.0 Å². The molecule has 0 radical (unpaired) electrons. The number of hydrogen-bond donors (Lipinski definition) is 1. The first-order valence-electron chi connectivity index (χ1n) is 9.77. The number of halogens is 1. The van der Waals surface area contributed by atoms with E-state index in [1.165, 1.54) is 4.80 Å². The lowest BCUT2D eigenvalue weighted by Gasteiger charge is -2.28. The SMILES string of the molecule is Cc1nc2ccc(CN3CCCN3C(=O)c3cc(Cl)ccc3-n3nccn3)cc2[nH]1. The maximum Gasteiger partial charge on any atom is 0.270 e. The van der Waals surface area contributed by atoms with Gasteiger partial charge in [0, 0.05) is 24.7 Å². The van der Waals surface area contributed by atoms with Gasteiger partial charge in [-0.3, -0.25) is 9.80 Å². The summed E-state index contributed by atoms with van der Waals surface area (Å²) < 4.78 is 0. The molecule has 1 fully saturated rings. The van der Waals surface area contributed by atoms with Crippen LogP contribution in [0.25, 0.3) is 16.7 Å². The Labute approximate surface area is 178 Å². The van der Waals surface area contributed by atoms with Crippen LogP contribution >= 0.6 is 11.6 Å². The van der Waals surface area contributed by atoms with Crippen LogP contribution < -0.4 is 0 Å². The van der Waals surface area contributed by atoms with E-state index in [4.69, 9.17) is 11.6 Å². The molecule has 0 saturated carbocycles. The number of benzene rings is 2. The molecular weight excluding hydrogens is 402 g/mol. The van der Waals surface area contributed by atoms with Gasteiger partial charge >= 0.3 is 0 Å². The van der Waals surface area contributed by atoms with Gasteiger partial charge in [-0.1, -0.05) is 17.7 Å². The van der Waals surface area contributed by atoms with E-state index in [0.717, 1.165) is 35.4 Å². The van der Waals surface area contributed by atoms with E-state index in [1.54, 1.807) is 35.6 Å². The van der Waals surface area contributed by atoms with Crippen molar-refractivity contribution < 1.29 is 4.79 Å². The maximum absolute atomic E-state index is 13.5. The lowest BCUT2D eigenvalue weighted by molar-refractivity contribution is 0.0170. The van der Waals surface area contributed by atoms with Gasteiger partial charge in [0.25, 0.3) is 5.91 Å². The summed E-state index contributed by atoms with van der Waals surface area (Å²) in [4.78, 5) is 22.6. The van der Waals surface area contributed by atoms with Gasteiger partial charge < -0.3 is 4.98 Å². The van der Waals surface area contributed by atoms with Crippen molar-refractivity contribution in [2.45, 2.75) is 19.9 Å². The van der Waals surface area contributed by atoms with Gasteiger partial charge in [0.2, 0.25) is 0 Å². The molecule has 0 aliphatic carbocycles. The zero-order valence-corrected chi connectivity index (χ0v) is 17.2. The van der Waals surface area contributed by atoms with Crippen LogP contribution in [0.2, 0.25) is 5.02 Å². The molecule has 30 heavy (non-hydrogen) atoms. The molecule has 0 unspecified atom stereocenters. The van der Waals surface area contributed by atoms with Crippen molar-refractivity contribution in [2.75, 3.05) is 13.1 Å². The highest BCUT2D eigenvalue weighted by Crippen LogP contribution is 2.25. The number of nitrogens with one attached hydrogen (secondary N) is 1. The Morgan fingerprint density at radius 3 is 2.80 bits per heavy atom. The van der Waals surface area contributed by atoms with Crippen LogP contribution in [-0.4, -0.2) is 54.0 Å². The zero-order valence-electron chi connectivity index (χ0n) is 16.4. The number of hydrogen-bond acceptors (Lipinski definition) is 5. The number of aryl methyl sites for hydroxylation is 1. The van der Waals surface area contributed by atoms with E-state index >= 15 is 0 Å². The van der Waals surface area contributed by atoms with Crippen molar-refractivity contribution in [3.05, 3.63) is 70.8 Å². The van der Waals surface area contributed by atoms with Gasteiger partial charge in [0.05, 0.1) is 34.7 Å². The van der Waals surface area contributed by atoms with Crippen molar-refractivity contribution in [3.8, 4) is 5.69 Å². The van der Waals surface area contributed by atoms with Gasteiger partial charge in [-0.15, -0.1) is 0 Å². The lowest BCUT2D eigenvalue weighted by Crippen LogP contribution is -2.41. The number of carbonyl (C=O) groups excluding carboxylic acids is 1. The number of rotatable bonds is 4. The van der Waals surface area contributed by atoms with Crippen LogP contribution in [0, 0.1) is 6.92 Å². The summed E-state index contributed by atoms with van der Waals surface area (Å²) in [6, 6.07) is 11.3. The van der Waals surface area contributed by atoms with Crippen molar-refractivity contribution in [2.24, 2.45) is 0 Å². The quantitative estimate of drug-likeness (QED) is 0.546. The highest BCUT2D eigenvalue weighted by molar-refractivity contribution is 6.31. The standard InChI is InChI=1S/C21H20ClN7O/c1-14-25-18-5-3-15(11-19(18)26-14)13-27-9-2-10-28(27)21(30)17-12-16(22)4-6-20(17)29-23-7-8-24-29/h3-8,11-12H,2,9-10,13H2,1H3,(H,25,26). The van der Waals surface area contributed by atoms with Gasteiger partial charge in [-0.2, -0.15) is 15.0 Å². The minimum Gasteiger partial charge on any atom is -0.342 e. The number of fused-ring (bicyclic) bond motifs is 1. The fraction of sp³-hybridized carbons (Fsp3) is 0.238. The van der Waals surface area contributed by atoms with Crippen molar-refractivity contribution in [3.63, 3.8) is 0 Å². The van der Waals surface area contributed by atoms with Crippen molar-refractivity contribution >= 4 is 28.5 Å². The van der Waals surface area contributed by atoms with Gasteiger partial charge in [0.1, 0.15) is 5.82 Å². The third-order valence-corrected chi connectivity index (χ3v) is 5.45. The van der Waals surface area contributed by atoms with Gasteiger partial charge in [-0.25, -0.2) is 9.99 Å². The minimum absolute atomic E-state index is 0.110. The average molecular weight is 422 g/mol. The normalized spacial score (nSPS) is 14.7. The van der Waals surface area contributed by atoms with E-state index in [9.17, 15) is 4.79 Å². The fourth-order valence-electron chi connectivity index (χ4n) is 3.89. The minimum atomic E-state index is -0.110. The second kappa shape index (κ2) is 7.55. The maximum atomic E-state index is 13.5. The number of nitrogens with zero attached hydrogens (tertiary/aromatic N) is 6. The smallest absolute Gasteiger partial charge is 0.270 e. The molecule has 1 saturated heterocycles. The highest BCUT2D eigenvalue weighted by atomic mass is 35.5. The van der Waals surface area contributed by atoms with E-state index in [0.29, 0.717) is 29.4 Å². The van der Waals surface area contributed by atoms with Crippen LogP contribution in [0.4, 0.5) is 0 Å². The van der Waals surface area contributed by atoms with Gasteiger partial charge in [-0.05, 0) is 49.2 Å². The number of carbonyl (C=O) groups is 1. The van der Waals surface area contributed by atoms with Crippen LogP contribution in [0.15, 0.2) is 48.8 Å². The van der Waals surface area contributed by atoms with E-state index in [1.807, 2.05) is 13.0 Å². The summed E-state index contributed by atoms with van der Waals surface area (Å²) in [5.74, 6) is 0.779. The molecule has 9 heteroatoms. The monoisotopic (exact) mass is 421 g/mol. The summed E-state index contributed by atoms with van der Waals surface area (Å²) in [5, 5.41) is 12.7. The lowest BCUT2D eigenvalue weighted by atomic mass is 10.1. The Morgan fingerprint density at radius 1 is 1.13 bits per heavy atom. The number of aromatic nitrogens is 5. The summed E-state index contributed by atoms with van der Waals surface area (Å²) in [5.41, 5.74) is 4.15. The van der Waals surface area contributed by atoms with Crippen LogP contribution in [-0.2, 0) is 6.54 Å². The third kappa shape index (κ3) is 3.44. The molecule has 1 N–H and O–H groups in total. The Kier molecular flexibility index (Phi) is 4.72. The topological polar surface area (TPSA) is 82.9 Å². The summed E-state index contributed by atoms with van der Waals surface area (Å²) in [7, 11) is 0. The molecule has 3 heterocycles. The second-order valence-corrected chi connectivity index (χ2v) is 7.76. The number of imidazole rings is 1. The Bertz CT molecular complexity index is 1220. The Morgan fingerprint density at radius 2 is 1.97 bits per heavy atom. The third-order valence-electron chi connectivity index (χ3n) is 5.22. The van der Waals surface area contributed by atoms with E-state index in [2.05, 4.69) is 37.3 Å². The first-order valence-corrected chi connectivity index (χ1v) is 10.1. The molecule has 0 atom stereocenters. The van der Waals surface area contributed by atoms with Gasteiger partial charge in [0.15, 0.2) is 0 Å². The first kappa shape index (κ1) is 18.8. The molecule has 8 nitrogen and oxygen atoms in total. The molecule has 0 spiro atoms. The predicted molar refractivity (Wildman–Crippen MR) is 113 cm³/mol. The van der Waals surface area contributed by atoms with E-state index in [-0.39, 0.29) is 5.91 Å². The molecule has 4 aromatic rings. The molecule has 1 aliphatic rings. The molecule has 0 bridgehead atoms. The molecule has 1 aliphatic heterocycles. The summed E-state index contributed by atoms with van der Waals surface area (Å²) >= 11 is 6.21. The number of amides is 1. The summed E-state index contributed by atoms with van der Waals surface area (Å²) in [6.45, 7) is 4.04. The molecular formula is C21H20ClN7O. The predicted octanol–water partition coefficient (Wildman–Crippen LogP) is 3.37. The van der Waals surface area contributed by atoms with Crippen LogP contribution in [0.3, 0.4) is 0 Å². The van der Waals surface area contributed by atoms with Crippen LogP contribution in [0.5, 0.6) is 0 Å². The summed E-state index contributed by atoms with van der Waals surface area (Å²) in [6.07, 6.45) is 4.07. The molecule has 5 rings (SSSR count). The first-order chi connectivity index (χ1) is 14.6. The molecule has 2 aromatic heterocycles. The van der Waals surface area contributed by atoms with Crippen molar-refractivity contribution in [1.29, 1.82) is 0 Å². The second-order valence-electron chi connectivity index (χ2n) is 7.32. The number of aromatic amines is 1. The molecule has 1 amide bonds. The fourth-order valence-corrected chi connectivity index (χ4v) is 4.06. The average Bonchev–Trinajstić information content (AvgIpc) is 3.47. The van der Waals surface area contributed by atoms with Crippen LogP contribution in [0.1, 0.15) is 28.2 Å². The largest absolute Gasteiger partial charge is 0.342 e. The Balaban J connectivity index is 1.43. The molecule has 2 aromatic carbocycles. The highest BCUT2D eigenvalue weighted by Gasteiger charge is 2.29. The number of H-pyrrole nitrogens is 1. The van der Waals surface area contributed by atoms with E-state index < -0.39 is 0 Å². The molecule has 152 valence electrons. The Hall–Kier alpha value is -3.23. The zero-order chi connectivity index (χ0) is 20.7. The number of hydrazine groups is 1.